The molecule has 2 aromatic carbocycles. The first-order valence-corrected chi connectivity index (χ1v) is 11.4. The lowest BCUT2D eigenvalue weighted by atomic mass is 10.1. The van der Waals surface area contributed by atoms with E-state index in [4.69, 9.17) is 4.74 Å². The van der Waals surface area contributed by atoms with E-state index in [0.717, 1.165) is 5.56 Å². The molecular formula is C23H28N2O5S. The average Bonchev–Trinajstić information content (AvgIpc) is 2.77. The highest BCUT2D eigenvalue weighted by Crippen LogP contribution is 2.13. The predicted molar refractivity (Wildman–Crippen MR) is 119 cm³/mol. The van der Waals surface area contributed by atoms with E-state index in [-0.39, 0.29) is 23.3 Å². The molecule has 2 rings (SSSR count). The van der Waals surface area contributed by atoms with E-state index in [1.807, 2.05) is 30.3 Å². The highest BCUT2D eigenvalue weighted by molar-refractivity contribution is 7.89. The molecule has 0 saturated carbocycles. The van der Waals surface area contributed by atoms with Gasteiger partial charge in [-0.1, -0.05) is 56.3 Å². The van der Waals surface area contributed by atoms with Crippen LogP contribution < -0.4 is 4.72 Å². The summed E-state index contributed by atoms with van der Waals surface area (Å²) in [5.74, 6) is -1.11. The second-order valence-corrected chi connectivity index (χ2v) is 8.80. The Kier molecular flexibility index (Phi) is 8.96. The van der Waals surface area contributed by atoms with Gasteiger partial charge in [0.1, 0.15) is 0 Å². The molecule has 0 aromatic heterocycles. The fraction of sp³-hybridized carbons (Fsp3) is 0.304. The Hall–Kier alpha value is -2.97. The Labute approximate surface area is 183 Å². The SMILES string of the molecule is CCNS(=O)(=O)c1ccc(/C=C/C(=O)N(Cc2ccccc2)CC(C)C(=O)OC)cc1. The number of benzene rings is 2. The molecule has 0 fully saturated rings. The topological polar surface area (TPSA) is 92.8 Å². The predicted octanol–water partition coefficient (Wildman–Crippen LogP) is 2.84. The first-order valence-electron chi connectivity index (χ1n) is 9.95. The molecule has 0 heterocycles. The molecule has 0 bridgehead atoms. The maximum atomic E-state index is 12.9. The van der Waals surface area contributed by atoms with Gasteiger partial charge in [-0.25, -0.2) is 13.1 Å². The molecule has 0 radical (unpaired) electrons. The molecule has 8 heteroatoms. The molecule has 0 spiro atoms. The second kappa shape index (κ2) is 11.4. The maximum Gasteiger partial charge on any atom is 0.310 e. The minimum atomic E-state index is -3.52. The standard InChI is InChI=1S/C23H28N2O5S/c1-4-24-31(28,29)21-13-10-19(11-14-21)12-15-22(26)25(16-18(2)23(27)30-3)17-20-8-6-5-7-9-20/h5-15,18,24H,4,16-17H2,1-3H3/b15-12+. The molecule has 1 unspecified atom stereocenters. The van der Waals surface area contributed by atoms with Crippen molar-refractivity contribution in [3.05, 3.63) is 71.8 Å². The molecule has 2 aromatic rings. The highest BCUT2D eigenvalue weighted by Gasteiger charge is 2.20. The van der Waals surface area contributed by atoms with Gasteiger partial charge in [0, 0.05) is 25.7 Å². The number of nitrogens with one attached hydrogen (secondary N) is 1. The smallest absolute Gasteiger partial charge is 0.310 e. The highest BCUT2D eigenvalue weighted by atomic mass is 32.2. The molecule has 0 aliphatic carbocycles. The van der Waals surface area contributed by atoms with E-state index in [2.05, 4.69) is 4.72 Å². The Bertz CT molecular complexity index is 1000. The molecule has 7 nitrogen and oxygen atoms in total. The zero-order valence-corrected chi connectivity index (χ0v) is 18.8. The van der Waals surface area contributed by atoms with Crippen LogP contribution in [0.2, 0.25) is 0 Å². The van der Waals surface area contributed by atoms with Crippen molar-refractivity contribution in [2.45, 2.75) is 25.3 Å². The van der Waals surface area contributed by atoms with Gasteiger partial charge in [0.05, 0.1) is 17.9 Å². The maximum absolute atomic E-state index is 12.9. The Morgan fingerprint density at radius 2 is 1.74 bits per heavy atom. The van der Waals surface area contributed by atoms with Crippen LogP contribution in [0, 0.1) is 5.92 Å². The van der Waals surface area contributed by atoms with Crippen molar-refractivity contribution in [2.75, 3.05) is 20.2 Å². The van der Waals surface area contributed by atoms with E-state index in [1.165, 1.54) is 25.3 Å². The third-order valence-corrected chi connectivity index (χ3v) is 6.13. The first-order chi connectivity index (χ1) is 14.8. The molecule has 0 aliphatic heterocycles. The Morgan fingerprint density at radius 1 is 1.10 bits per heavy atom. The molecule has 31 heavy (non-hydrogen) atoms. The zero-order chi connectivity index (χ0) is 22.9. The summed E-state index contributed by atoms with van der Waals surface area (Å²) in [5, 5.41) is 0. The van der Waals surface area contributed by atoms with Crippen LogP contribution in [0.1, 0.15) is 25.0 Å². The average molecular weight is 445 g/mol. The molecule has 1 atom stereocenters. The minimum Gasteiger partial charge on any atom is -0.469 e. The molecular weight excluding hydrogens is 416 g/mol. The van der Waals surface area contributed by atoms with Gasteiger partial charge in [-0.2, -0.15) is 0 Å². The fourth-order valence-electron chi connectivity index (χ4n) is 2.95. The van der Waals surface area contributed by atoms with Crippen LogP contribution in [0.5, 0.6) is 0 Å². The summed E-state index contributed by atoms with van der Waals surface area (Å²) in [6.45, 7) is 4.29. The number of ether oxygens (including phenoxy) is 1. The largest absolute Gasteiger partial charge is 0.469 e. The molecule has 1 amide bonds. The van der Waals surface area contributed by atoms with E-state index < -0.39 is 15.9 Å². The van der Waals surface area contributed by atoms with Gasteiger partial charge < -0.3 is 9.64 Å². The second-order valence-electron chi connectivity index (χ2n) is 7.03. The number of nitrogens with zero attached hydrogens (tertiary/aromatic N) is 1. The van der Waals surface area contributed by atoms with Crippen molar-refractivity contribution >= 4 is 28.0 Å². The number of hydrogen-bond acceptors (Lipinski definition) is 5. The van der Waals surface area contributed by atoms with Crippen molar-refractivity contribution < 1.29 is 22.7 Å². The lowest BCUT2D eigenvalue weighted by Gasteiger charge is -2.24. The zero-order valence-electron chi connectivity index (χ0n) is 17.9. The van der Waals surface area contributed by atoms with Gasteiger partial charge in [-0.15, -0.1) is 0 Å². The van der Waals surface area contributed by atoms with E-state index in [1.54, 1.807) is 37.0 Å². The van der Waals surface area contributed by atoms with E-state index in [9.17, 15) is 18.0 Å². The third kappa shape index (κ3) is 7.34. The normalized spacial score (nSPS) is 12.5. The number of hydrogen-bond donors (Lipinski definition) is 1. The number of rotatable bonds is 10. The van der Waals surface area contributed by atoms with Crippen LogP contribution in [0.15, 0.2) is 65.6 Å². The summed E-state index contributed by atoms with van der Waals surface area (Å²) in [6.07, 6.45) is 3.04. The van der Waals surface area contributed by atoms with Crippen LogP contribution in [-0.2, 0) is 30.9 Å². The van der Waals surface area contributed by atoms with Gasteiger partial charge in [0.15, 0.2) is 0 Å². The summed E-state index contributed by atoms with van der Waals surface area (Å²) in [4.78, 5) is 26.4. The molecule has 1 N–H and O–H groups in total. The van der Waals surface area contributed by atoms with Crippen molar-refractivity contribution in [1.82, 2.24) is 9.62 Å². The van der Waals surface area contributed by atoms with Crippen LogP contribution in [-0.4, -0.2) is 45.4 Å². The summed E-state index contributed by atoms with van der Waals surface area (Å²) in [6, 6.07) is 15.7. The van der Waals surface area contributed by atoms with Gasteiger partial charge in [-0.05, 0) is 29.3 Å². The fourth-order valence-corrected chi connectivity index (χ4v) is 3.99. The number of esters is 1. The van der Waals surface area contributed by atoms with Crippen LogP contribution in [0.25, 0.3) is 6.08 Å². The number of sulfonamides is 1. The number of carbonyl (C=O) groups is 2. The van der Waals surface area contributed by atoms with E-state index in [0.29, 0.717) is 18.7 Å². The summed E-state index contributed by atoms with van der Waals surface area (Å²) in [5.41, 5.74) is 1.63. The summed E-state index contributed by atoms with van der Waals surface area (Å²) >= 11 is 0. The lowest BCUT2D eigenvalue weighted by Crippen LogP contribution is -2.35. The first kappa shape index (κ1) is 24.3. The van der Waals surface area contributed by atoms with Gasteiger partial charge in [0.2, 0.25) is 15.9 Å². The van der Waals surface area contributed by atoms with Crippen molar-refractivity contribution in [3.63, 3.8) is 0 Å². The molecule has 0 aliphatic rings. The quantitative estimate of drug-likeness (QED) is 0.449. The van der Waals surface area contributed by atoms with Crippen LogP contribution >= 0.6 is 0 Å². The third-order valence-electron chi connectivity index (χ3n) is 4.57. The van der Waals surface area contributed by atoms with Gasteiger partial charge in [-0.3, -0.25) is 9.59 Å². The van der Waals surface area contributed by atoms with Crippen molar-refractivity contribution in [1.29, 1.82) is 0 Å². The van der Waals surface area contributed by atoms with Gasteiger partial charge >= 0.3 is 5.97 Å². The summed E-state index contributed by atoms with van der Waals surface area (Å²) < 4.78 is 31.3. The monoisotopic (exact) mass is 444 g/mol. The van der Waals surface area contributed by atoms with Gasteiger partial charge in [0.25, 0.3) is 0 Å². The summed E-state index contributed by atoms with van der Waals surface area (Å²) in [7, 11) is -2.20. The number of carbonyl (C=O) groups excluding carboxylic acids is 2. The van der Waals surface area contributed by atoms with Crippen molar-refractivity contribution in [2.24, 2.45) is 5.92 Å². The minimum absolute atomic E-state index is 0.162. The van der Waals surface area contributed by atoms with E-state index >= 15 is 0 Å². The number of methoxy groups -OCH3 is 1. The van der Waals surface area contributed by atoms with Crippen LogP contribution in [0.4, 0.5) is 0 Å². The van der Waals surface area contributed by atoms with Crippen LogP contribution in [0.3, 0.4) is 0 Å². The lowest BCUT2D eigenvalue weighted by molar-refractivity contribution is -0.146. The number of amides is 1. The Balaban J connectivity index is 2.16. The van der Waals surface area contributed by atoms with Crippen molar-refractivity contribution in [3.8, 4) is 0 Å². The molecule has 166 valence electrons. The molecule has 0 saturated heterocycles. The Morgan fingerprint density at radius 3 is 2.32 bits per heavy atom.